The highest BCUT2D eigenvalue weighted by molar-refractivity contribution is 5.86. The third-order valence-electron chi connectivity index (χ3n) is 4.28. The molecule has 1 saturated carbocycles. The molecule has 1 aliphatic carbocycles. The number of hydrogen-bond donors (Lipinski definition) is 1. The second-order valence-corrected chi connectivity index (χ2v) is 7.18. The van der Waals surface area contributed by atoms with Crippen molar-refractivity contribution in [3.05, 3.63) is 28.8 Å². The summed E-state index contributed by atoms with van der Waals surface area (Å²) >= 11 is 0. The molecule has 1 fully saturated rings. The molecule has 1 aromatic rings. The number of anilines is 1. The van der Waals surface area contributed by atoms with Crippen LogP contribution in [0.3, 0.4) is 0 Å². The molecule has 0 unspecified atom stereocenters. The number of carbonyl (C=O) groups is 1. The van der Waals surface area contributed by atoms with E-state index in [1.54, 1.807) is 6.08 Å². The minimum absolute atomic E-state index is 0.482. The van der Waals surface area contributed by atoms with Crippen LogP contribution in [0.15, 0.2) is 17.1 Å². The van der Waals surface area contributed by atoms with Crippen LogP contribution in [0.25, 0.3) is 0 Å². The number of benzene rings is 1. The van der Waals surface area contributed by atoms with Gasteiger partial charge in [0.2, 0.25) is 6.08 Å². The normalized spacial score (nSPS) is 16.0. The number of amides is 1. The number of aryl methyl sites for hydroxylation is 1. The summed E-state index contributed by atoms with van der Waals surface area (Å²) in [4.78, 5) is 26.9. The van der Waals surface area contributed by atoms with E-state index >= 15 is 0 Å². The molecule has 0 heterocycles. The van der Waals surface area contributed by atoms with Crippen LogP contribution in [0.2, 0.25) is 0 Å². The predicted molar refractivity (Wildman–Crippen MR) is 89.4 cm³/mol. The molecular weight excluding hydrogens is 292 g/mol. The number of rotatable bonds is 3. The molecule has 0 radical (unpaired) electrons. The van der Waals surface area contributed by atoms with E-state index in [1.807, 2.05) is 46.8 Å². The van der Waals surface area contributed by atoms with Crippen molar-refractivity contribution in [1.82, 2.24) is 0 Å². The number of isocyanates is 1. The van der Waals surface area contributed by atoms with Crippen molar-refractivity contribution < 1.29 is 14.3 Å². The van der Waals surface area contributed by atoms with Gasteiger partial charge >= 0.3 is 6.09 Å². The summed E-state index contributed by atoms with van der Waals surface area (Å²) in [6.07, 6.45) is 3.90. The van der Waals surface area contributed by atoms with Crippen molar-refractivity contribution in [2.45, 2.75) is 65.0 Å². The average molecular weight is 316 g/mol. The number of carbonyl (C=O) groups excluding carboxylic acids is 2. The van der Waals surface area contributed by atoms with Crippen molar-refractivity contribution in [2.24, 2.45) is 4.99 Å². The third-order valence-corrected chi connectivity index (χ3v) is 4.28. The Hall–Kier alpha value is -2.13. The fourth-order valence-corrected chi connectivity index (χ4v) is 2.74. The van der Waals surface area contributed by atoms with Gasteiger partial charge in [0.05, 0.1) is 5.54 Å². The van der Waals surface area contributed by atoms with Crippen molar-refractivity contribution >= 4 is 17.9 Å². The lowest BCUT2D eigenvalue weighted by molar-refractivity contribution is 0.0635. The molecule has 5 heteroatoms. The van der Waals surface area contributed by atoms with Gasteiger partial charge in [0, 0.05) is 5.69 Å². The molecule has 0 spiro atoms. The Labute approximate surface area is 137 Å². The minimum atomic E-state index is -0.554. The van der Waals surface area contributed by atoms with E-state index < -0.39 is 17.2 Å². The molecule has 0 bridgehead atoms. The summed E-state index contributed by atoms with van der Waals surface area (Å²) in [6.45, 7) is 9.40. The maximum Gasteiger partial charge on any atom is 0.412 e. The fraction of sp³-hybridized carbons (Fsp3) is 0.556. The molecule has 23 heavy (non-hydrogen) atoms. The third kappa shape index (κ3) is 3.80. The van der Waals surface area contributed by atoms with Gasteiger partial charge in [-0.3, -0.25) is 5.32 Å². The van der Waals surface area contributed by atoms with E-state index in [9.17, 15) is 9.59 Å². The monoisotopic (exact) mass is 316 g/mol. The first kappa shape index (κ1) is 17.2. The van der Waals surface area contributed by atoms with E-state index in [4.69, 9.17) is 4.74 Å². The van der Waals surface area contributed by atoms with Gasteiger partial charge in [0.25, 0.3) is 0 Å². The van der Waals surface area contributed by atoms with Crippen LogP contribution in [0.5, 0.6) is 0 Å². The lowest BCUT2D eigenvalue weighted by Crippen LogP contribution is -2.32. The van der Waals surface area contributed by atoms with Crippen LogP contribution in [0.1, 0.15) is 56.7 Å². The summed E-state index contributed by atoms with van der Waals surface area (Å²) < 4.78 is 5.31. The van der Waals surface area contributed by atoms with Crippen LogP contribution >= 0.6 is 0 Å². The summed E-state index contributed by atoms with van der Waals surface area (Å²) in [7, 11) is 0. The molecule has 0 aliphatic heterocycles. The zero-order valence-electron chi connectivity index (χ0n) is 14.4. The molecule has 2 rings (SSSR count). The Morgan fingerprint density at radius 3 is 2.43 bits per heavy atom. The first-order valence-electron chi connectivity index (χ1n) is 7.88. The first-order chi connectivity index (χ1) is 10.7. The predicted octanol–water partition coefficient (Wildman–Crippen LogP) is 4.37. The maximum absolute atomic E-state index is 12.0. The van der Waals surface area contributed by atoms with Gasteiger partial charge < -0.3 is 4.74 Å². The van der Waals surface area contributed by atoms with Crippen LogP contribution in [0.4, 0.5) is 10.5 Å². The van der Waals surface area contributed by atoms with Crippen LogP contribution < -0.4 is 5.32 Å². The molecule has 0 atom stereocenters. The van der Waals surface area contributed by atoms with Crippen LogP contribution in [0, 0.1) is 13.8 Å². The largest absolute Gasteiger partial charge is 0.444 e. The summed E-state index contributed by atoms with van der Waals surface area (Å²) in [5.74, 6) is 0. The van der Waals surface area contributed by atoms with Gasteiger partial charge in [-0.2, -0.15) is 4.99 Å². The van der Waals surface area contributed by atoms with Crippen LogP contribution in [-0.2, 0) is 15.1 Å². The number of ether oxygens (including phenoxy) is 1. The Bertz CT molecular complexity index is 664. The zero-order chi connectivity index (χ0) is 17.3. The Kier molecular flexibility index (Phi) is 4.62. The Morgan fingerprint density at radius 2 is 1.96 bits per heavy atom. The van der Waals surface area contributed by atoms with Gasteiger partial charge in [0.1, 0.15) is 5.60 Å². The van der Waals surface area contributed by atoms with Crippen molar-refractivity contribution in [3.8, 4) is 0 Å². The highest BCUT2D eigenvalue weighted by Gasteiger charge is 2.39. The summed E-state index contributed by atoms with van der Waals surface area (Å²) in [6, 6.07) is 3.93. The average Bonchev–Trinajstić information content (AvgIpc) is 2.36. The second-order valence-electron chi connectivity index (χ2n) is 7.18. The smallest absolute Gasteiger partial charge is 0.412 e. The fourth-order valence-electron chi connectivity index (χ4n) is 2.74. The van der Waals surface area contributed by atoms with E-state index in [1.165, 1.54) is 0 Å². The molecular formula is C18H24N2O3. The van der Waals surface area contributed by atoms with Crippen molar-refractivity contribution in [1.29, 1.82) is 0 Å². The molecule has 1 aliphatic rings. The molecule has 0 aromatic heterocycles. The minimum Gasteiger partial charge on any atom is -0.444 e. The highest BCUT2D eigenvalue weighted by atomic mass is 16.6. The van der Waals surface area contributed by atoms with Gasteiger partial charge in [-0.15, -0.1) is 0 Å². The van der Waals surface area contributed by atoms with Gasteiger partial charge in [-0.25, -0.2) is 9.59 Å². The standard InChI is InChI=1S/C18H24N2O3/c1-12-9-14(18(19-11-21)7-6-8-18)10-15(13(12)2)20-16(22)23-17(3,4)5/h9-10H,6-8H2,1-5H3,(H,20,22). The first-order valence-corrected chi connectivity index (χ1v) is 7.88. The van der Waals surface area contributed by atoms with E-state index in [-0.39, 0.29) is 0 Å². The molecule has 1 N–H and O–H groups in total. The maximum atomic E-state index is 12.0. The second kappa shape index (κ2) is 6.17. The number of aliphatic imine (C=N–C) groups is 1. The van der Waals surface area contributed by atoms with Gasteiger partial charge in [0.15, 0.2) is 0 Å². The number of nitrogens with zero attached hydrogens (tertiary/aromatic N) is 1. The van der Waals surface area contributed by atoms with Crippen LogP contribution in [-0.4, -0.2) is 17.8 Å². The lowest BCUT2D eigenvalue weighted by atomic mass is 9.71. The van der Waals surface area contributed by atoms with Gasteiger partial charge in [-0.1, -0.05) is 6.07 Å². The number of nitrogens with one attached hydrogen (secondary N) is 1. The van der Waals surface area contributed by atoms with Crippen molar-refractivity contribution in [2.75, 3.05) is 5.32 Å². The summed E-state index contributed by atoms with van der Waals surface area (Å²) in [5, 5.41) is 2.81. The number of hydrogen-bond acceptors (Lipinski definition) is 4. The Balaban J connectivity index is 2.34. The molecule has 0 saturated heterocycles. The van der Waals surface area contributed by atoms with Gasteiger partial charge in [-0.05, 0) is 76.6 Å². The van der Waals surface area contributed by atoms with E-state index in [0.717, 1.165) is 36.0 Å². The van der Waals surface area contributed by atoms with Crippen molar-refractivity contribution in [3.63, 3.8) is 0 Å². The van der Waals surface area contributed by atoms with E-state index in [2.05, 4.69) is 10.3 Å². The highest BCUT2D eigenvalue weighted by Crippen LogP contribution is 2.46. The Morgan fingerprint density at radius 1 is 1.30 bits per heavy atom. The molecule has 5 nitrogen and oxygen atoms in total. The molecule has 124 valence electrons. The van der Waals surface area contributed by atoms with E-state index in [0.29, 0.717) is 5.69 Å². The lowest BCUT2D eigenvalue weighted by Gasteiger charge is -2.37. The molecule has 1 amide bonds. The zero-order valence-corrected chi connectivity index (χ0v) is 14.4. The topological polar surface area (TPSA) is 67.8 Å². The molecule has 1 aromatic carbocycles. The summed E-state index contributed by atoms with van der Waals surface area (Å²) in [5.41, 5.74) is 2.62. The quantitative estimate of drug-likeness (QED) is 0.665. The SMILES string of the molecule is Cc1cc(C2(N=C=O)CCC2)cc(NC(=O)OC(C)(C)C)c1C.